The van der Waals surface area contributed by atoms with Crippen molar-refractivity contribution in [1.29, 1.82) is 0 Å². The van der Waals surface area contributed by atoms with E-state index in [2.05, 4.69) is 0 Å². The summed E-state index contributed by atoms with van der Waals surface area (Å²) in [6.45, 7) is 1.21. The van der Waals surface area contributed by atoms with Crippen LogP contribution in [0.1, 0.15) is 18.4 Å². The topological polar surface area (TPSA) is 49.7 Å². The van der Waals surface area contributed by atoms with Crippen molar-refractivity contribution in [3.8, 4) is 0 Å². The van der Waals surface area contributed by atoms with Crippen LogP contribution >= 0.6 is 0 Å². The van der Waals surface area contributed by atoms with Crippen molar-refractivity contribution in [3.05, 3.63) is 35.9 Å². The predicted octanol–water partition coefficient (Wildman–Crippen LogP) is 1.33. The molecule has 0 heterocycles. The molecule has 2 rings (SSSR count). The molecular formula is C13H18O3. The van der Waals surface area contributed by atoms with Gasteiger partial charge in [-0.1, -0.05) is 30.3 Å². The number of aliphatic hydroxyl groups is 2. The largest absolute Gasteiger partial charge is 0.390 e. The number of aliphatic hydroxyl groups excluding tert-OH is 2. The monoisotopic (exact) mass is 222 g/mol. The molecule has 1 aromatic rings. The van der Waals surface area contributed by atoms with Crippen LogP contribution in [0.4, 0.5) is 0 Å². The molecule has 2 N–H and O–H groups in total. The summed E-state index contributed by atoms with van der Waals surface area (Å²) in [7, 11) is 0. The van der Waals surface area contributed by atoms with Crippen LogP contribution in [0.15, 0.2) is 30.3 Å². The first-order chi connectivity index (χ1) is 7.75. The lowest BCUT2D eigenvalue weighted by Crippen LogP contribution is -2.17. The van der Waals surface area contributed by atoms with Crippen LogP contribution in [-0.2, 0) is 11.3 Å². The minimum atomic E-state index is -0.565. The highest BCUT2D eigenvalue weighted by Gasteiger charge is 2.31. The van der Waals surface area contributed by atoms with E-state index in [9.17, 15) is 10.2 Å². The van der Waals surface area contributed by atoms with Crippen molar-refractivity contribution in [2.45, 2.75) is 31.7 Å². The SMILES string of the molecule is O[C@@H]1CC(COCc2ccccc2)C[C@H]1O. The highest BCUT2D eigenvalue weighted by Crippen LogP contribution is 2.26. The van der Waals surface area contributed by atoms with Crippen molar-refractivity contribution in [3.63, 3.8) is 0 Å². The van der Waals surface area contributed by atoms with E-state index in [1.165, 1.54) is 0 Å². The Labute approximate surface area is 95.7 Å². The molecular weight excluding hydrogens is 204 g/mol. The molecule has 3 heteroatoms. The van der Waals surface area contributed by atoms with Crippen LogP contribution in [0.25, 0.3) is 0 Å². The summed E-state index contributed by atoms with van der Waals surface area (Å²) in [5.74, 6) is 0.286. The molecule has 1 aliphatic carbocycles. The predicted molar refractivity (Wildman–Crippen MR) is 60.8 cm³/mol. The maximum atomic E-state index is 9.38. The van der Waals surface area contributed by atoms with Gasteiger partial charge in [-0.15, -0.1) is 0 Å². The molecule has 2 atom stereocenters. The Morgan fingerprint density at radius 1 is 1.06 bits per heavy atom. The fourth-order valence-electron chi connectivity index (χ4n) is 2.15. The minimum Gasteiger partial charge on any atom is -0.390 e. The van der Waals surface area contributed by atoms with Crippen LogP contribution < -0.4 is 0 Å². The molecule has 88 valence electrons. The van der Waals surface area contributed by atoms with Crippen molar-refractivity contribution in [2.75, 3.05) is 6.61 Å². The summed E-state index contributed by atoms with van der Waals surface area (Å²) in [6, 6.07) is 10.0. The number of rotatable bonds is 4. The lowest BCUT2D eigenvalue weighted by molar-refractivity contribution is 0.0438. The Balaban J connectivity index is 1.69. The van der Waals surface area contributed by atoms with Gasteiger partial charge in [0.1, 0.15) is 0 Å². The Bertz CT molecular complexity index is 302. The van der Waals surface area contributed by atoms with Crippen molar-refractivity contribution >= 4 is 0 Å². The maximum absolute atomic E-state index is 9.38. The normalized spacial score (nSPS) is 26.1. The van der Waals surface area contributed by atoms with Gasteiger partial charge in [0.15, 0.2) is 0 Å². The summed E-state index contributed by atoms with van der Waals surface area (Å²) in [4.78, 5) is 0. The van der Waals surface area contributed by atoms with Gasteiger partial charge in [0.2, 0.25) is 0 Å². The van der Waals surface area contributed by atoms with Crippen LogP contribution in [0.3, 0.4) is 0 Å². The Morgan fingerprint density at radius 2 is 1.69 bits per heavy atom. The highest BCUT2D eigenvalue weighted by molar-refractivity contribution is 5.13. The molecule has 0 spiro atoms. The van der Waals surface area contributed by atoms with Gasteiger partial charge in [-0.05, 0) is 24.3 Å². The quantitative estimate of drug-likeness (QED) is 0.808. The fourth-order valence-corrected chi connectivity index (χ4v) is 2.15. The molecule has 0 radical (unpaired) electrons. The summed E-state index contributed by atoms with van der Waals surface area (Å²) in [6.07, 6.45) is 0.169. The average molecular weight is 222 g/mol. The van der Waals surface area contributed by atoms with Gasteiger partial charge < -0.3 is 14.9 Å². The summed E-state index contributed by atoms with van der Waals surface area (Å²) >= 11 is 0. The van der Waals surface area contributed by atoms with Gasteiger partial charge in [0.25, 0.3) is 0 Å². The summed E-state index contributed by atoms with van der Waals surface area (Å²) in [5.41, 5.74) is 1.15. The number of hydrogen-bond donors (Lipinski definition) is 2. The van der Waals surface area contributed by atoms with E-state index in [1.54, 1.807) is 0 Å². The minimum absolute atomic E-state index is 0.286. The van der Waals surface area contributed by atoms with E-state index in [-0.39, 0.29) is 5.92 Å². The number of benzene rings is 1. The van der Waals surface area contributed by atoms with Gasteiger partial charge in [-0.2, -0.15) is 0 Å². The zero-order chi connectivity index (χ0) is 11.4. The van der Waals surface area contributed by atoms with Gasteiger partial charge in [0.05, 0.1) is 25.4 Å². The molecule has 1 saturated carbocycles. The van der Waals surface area contributed by atoms with Gasteiger partial charge in [-0.3, -0.25) is 0 Å². The fraction of sp³-hybridized carbons (Fsp3) is 0.538. The first-order valence-electron chi connectivity index (χ1n) is 5.73. The molecule has 3 nitrogen and oxygen atoms in total. The lowest BCUT2D eigenvalue weighted by atomic mass is 10.1. The molecule has 1 aliphatic rings. The van der Waals surface area contributed by atoms with Crippen molar-refractivity contribution in [2.24, 2.45) is 5.92 Å². The molecule has 0 amide bonds. The second-order valence-corrected chi connectivity index (χ2v) is 4.47. The van der Waals surface area contributed by atoms with E-state index in [1.807, 2.05) is 30.3 Å². The third kappa shape index (κ3) is 3.04. The zero-order valence-electron chi connectivity index (χ0n) is 9.25. The Hall–Kier alpha value is -0.900. The van der Waals surface area contributed by atoms with Gasteiger partial charge >= 0.3 is 0 Å². The van der Waals surface area contributed by atoms with E-state index in [0.29, 0.717) is 26.1 Å². The maximum Gasteiger partial charge on any atom is 0.0802 e. The molecule has 0 saturated heterocycles. The van der Waals surface area contributed by atoms with E-state index < -0.39 is 12.2 Å². The Morgan fingerprint density at radius 3 is 2.31 bits per heavy atom. The van der Waals surface area contributed by atoms with Gasteiger partial charge in [0, 0.05) is 0 Å². The molecule has 0 aromatic heterocycles. The first-order valence-corrected chi connectivity index (χ1v) is 5.73. The molecule has 0 unspecified atom stereocenters. The van der Waals surface area contributed by atoms with Crippen molar-refractivity contribution < 1.29 is 14.9 Å². The third-order valence-corrected chi connectivity index (χ3v) is 3.06. The first kappa shape index (κ1) is 11.6. The lowest BCUT2D eigenvalue weighted by Gasteiger charge is -2.09. The molecule has 0 bridgehead atoms. The van der Waals surface area contributed by atoms with Crippen LogP contribution in [0, 0.1) is 5.92 Å². The standard InChI is InChI=1S/C13H18O3/c14-12-6-11(7-13(12)15)9-16-8-10-4-2-1-3-5-10/h1-5,11-15H,6-9H2/t12-,13-/m1/s1. The second kappa shape index (κ2) is 5.43. The summed E-state index contributed by atoms with van der Waals surface area (Å²) in [5, 5.41) is 18.8. The molecule has 1 fully saturated rings. The Kier molecular flexibility index (Phi) is 3.93. The van der Waals surface area contributed by atoms with E-state index >= 15 is 0 Å². The second-order valence-electron chi connectivity index (χ2n) is 4.47. The van der Waals surface area contributed by atoms with Crippen LogP contribution in [-0.4, -0.2) is 29.0 Å². The highest BCUT2D eigenvalue weighted by atomic mass is 16.5. The smallest absolute Gasteiger partial charge is 0.0802 e. The van der Waals surface area contributed by atoms with Gasteiger partial charge in [-0.25, -0.2) is 0 Å². The summed E-state index contributed by atoms with van der Waals surface area (Å²) < 4.78 is 5.58. The third-order valence-electron chi connectivity index (χ3n) is 3.06. The number of hydrogen-bond acceptors (Lipinski definition) is 3. The molecule has 1 aromatic carbocycles. The van der Waals surface area contributed by atoms with E-state index in [4.69, 9.17) is 4.74 Å². The molecule has 16 heavy (non-hydrogen) atoms. The number of ether oxygens (including phenoxy) is 1. The van der Waals surface area contributed by atoms with Crippen molar-refractivity contribution in [1.82, 2.24) is 0 Å². The average Bonchev–Trinajstić information content (AvgIpc) is 2.60. The zero-order valence-corrected chi connectivity index (χ0v) is 9.25. The van der Waals surface area contributed by atoms with E-state index in [0.717, 1.165) is 5.56 Å². The molecule has 0 aliphatic heterocycles. The van der Waals surface area contributed by atoms with Crippen LogP contribution in [0.2, 0.25) is 0 Å². The van der Waals surface area contributed by atoms with Crippen LogP contribution in [0.5, 0.6) is 0 Å².